The highest BCUT2D eigenvalue weighted by Crippen LogP contribution is 2.27. The second kappa shape index (κ2) is 5.21. The predicted octanol–water partition coefficient (Wildman–Crippen LogP) is 1.89. The highest BCUT2D eigenvalue weighted by atomic mass is 16.3. The van der Waals surface area contributed by atoms with Crippen molar-refractivity contribution in [3.63, 3.8) is 0 Å². The molecule has 1 aromatic rings. The third-order valence-corrected chi connectivity index (χ3v) is 3.28. The number of aryl methyl sites for hydroxylation is 1. The van der Waals surface area contributed by atoms with E-state index in [0.29, 0.717) is 12.1 Å². The Bertz CT molecular complexity index is 478. The molecule has 4 heteroatoms. The van der Waals surface area contributed by atoms with E-state index in [1.807, 2.05) is 12.1 Å². The first-order valence-electron chi connectivity index (χ1n) is 6.72. The first kappa shape index (κ1) is 13.9. The summed E-state index contributed by atoms with van der Waals surface area (Å²) in [5.41, 5.74) is 1.98. The van der Waals surface area contributed by atoms with Gasteiger partial charge in [0.25, 0.3) is 5.91 Å². The molecule has 2 rings (SSSR count). The SMILES string of the molecule is CN(CC(C)(C)O)C(=O)c1cccc2c1NCCC2. The van der Waals surface area contributed by atoms with Gasteiger partial charge in [0.1, 0.15) is 0 Å². The van der Waals surface area contributed by atoms with Gasteiger partial charge in [-0.05, 0) is 38.3 Å². The maximum Gasteiger partial charge on any atom is 0.255 e. The molecule has 2 N–H and O–H groups in total. The number of amides is 1. The van der Waals surface area contributed by atoms with Crippen molar-refractivity contribution in [2.24, 2.45) is 0 Å². The Balaban J connectivity index is 2.24. The molecule has 0 spiro atoms. The monoisotopic (exact) mass is 262 g/mol. The number of hydrogen-bond acceptors (Lipinski definition) is 3. The molecule has 0 radical (unpaired) electrons. The number of rotatable bonds is 3. The van der Waals surface area contributed by atoms with Crippen LogP contribution in [0.25, 0.3) is 0 Å². The molecule has 19 heavy (non-hydrogen) atoms. The van der Waals surface area contributed by atoms with Crippen molar-refractivity contribution in [2.75, 3.05) is 25.5 Å². The standard InChI is InChI=1S/C15H22N2O2/c1-15(2,19)10-17(3)14(18)12-8-4-6-11-7-5-9-16-13(11)12/h4,6,8,16,19H,5,7,9-10H2,1-3H3. The van der Waals surface area contributed by atoms with Crippen LogP contribution in [0.5, 0.6) is 0 Å². The molecule has 0 unspecified atom stereocenters. The van der Waals surface area contributed by atoms with Crippen molar-refractivity contribution in [2.45, 2.75) is 32.3 Å². The van der Waals surface area contributed by atoms with Gasteiger partial charge in [0.15, 0.2) is 0 Å². The average Bonchev–Trinajstić information content (AvgIpc) is 2.35. The Labute approximate surface area is 114 Å². The lowest BCUT2D eigenvalue weighted by atomic mass is 9.98. The summed E-state index contributed by atoms with van der Waals surface area (Å²) in [7, 11) is 1.72. The van der Waals surface area contributed by atoms with E-state index in [1.165, 1.54) is 5.56 Å². The Hall–Kier alpha value is -1.55. The Morgan fingerprint density at radius 3 is 2.89 bits per heavy atom. The van der Waals surface area contributed by atoms with Crippen molar-refractivity contribution in [3.8, 4) is 0 Å². The third kappa shape index (κ3) is 3.26. The summed E-state index contributed by atoms with van der Waals surface area (Å²) in [4.78, 5) is 14.0. The van der Waals surface area contributed by atoms with Crippen LogP contribution in [0, 0.1) is 0 Å². The fourth-order valence-corrected chi connectivity index (χ4v) is 2.55. The minimum absolute atomic E-state index is 0.0478. The summed E-state index contributed by atoms with van der Waals surface area (Å²) in [5, 5.41) is 13.1. The van der Waals surface area contributed by atoms with E-state index in [2.05, 4.69) is 11.4 Å². The number of nitrogens with zero attached hydrogens (tertiary/aromatic N) is 1. The first-order valence-corrected chi connectivity index (χ1v) is 6.72. The number of carbonyl (C=O) groups excluding carboxylic acids is 1. The molecular weight excluding hydrogens is 240 g/mol. The number of anilines is 1. The van der Waals surface area contributed by atoms with E-state index in [0.717, 1.165) is 25.1 Å². The van der Waals surface area contributed by atoms with Crippen molar-refractivity contribution in [3.05, 3.63) is 29.3 Å². The van der Waals surface area contributed by atoms with Gasteiger partial charge in [0, 0.05) is 20.1 Å². The second-order valence-electron chi connectivity index (χ2n) is 5.84. The van der Waals surface area contributed by atoms with Crippen molar-refractivity contribution >= 4 is 11.6 Å². The van der Waals surface area contributed by atoms with E-state index in [9.17, 15) is 9.90 Å². The van der Waals surface area contributed by atoms with Crippen LogP contribution in [-0.4, -0.2) is 41.7 Å². The molecule has 4 nitrogen and oxygen atoms in total. The summed E-state index contributed by atoms with van der Waals surface area (Å²) in [6.45, 7) is 4.63. The van der Waals surface area contributed by atoms with E-state index in [1.54, 1.807) is 25.8 Å². The Morgan fingerprint density at radius 1 is 1.47 bits per heavy atom. The zero-order chi connectivity index (χ0) is 14.0. The van der Waals surface area contributed by atoms with Crippen LogP contribution >= 0.6 is 0 Å². The summed E-state index contributed by atoms with van der Waals surface area (Å²) in [6, 6.07) is 5.84. The number of likely N-dealkylation sites (N-methyl/N-ethyl adjacent to an activating group) is 1. The highest BCUT2D eigenvalue weighted by Gasteiger charge is 2.23. The molecule has 0 saturated heterocycles. The smallest absolute Gasteiger partial charge is 0.255 e. The predicted molar refractivity (Wildman–Crippen MR) is 76.5 cm³/mol. The molecule has 1 heterocycles. The van der Waals surface area contributed by atoms with Crippen LogP contribution in [-0.2, 0) is 6.42 Å². The van der Waals surface area contributed by atoms with Gasteiger partial charge in [-0.3, -0.25) is 4.79 Å². The van der Waals surface area contributed by atoms with E-state index in [-0.39, 0.29) is 5.91 Å². The largest absolute Gasteiger partial charge is 0.389 e. The first-order chi connectivity index (χ1) is 8.88. The van der Waals surface area contributed by atoms with Gasteiger partial charge in [0.05, 0.1) is 16.9 Å². The highest BCUT2D eigenvalue weighted by molar-refractivity contribution is 6.00. The van der Waals surface area contributed by atoms with Crippen molar-refractivity contribution in [1.82, 2.24) is 4.90 Å². The van der Waals surface area contributed by atoms with Crippen LogP contribution in [0.3, 0.4) is 0 Å². The van der Waals surface area contributed by atoms with Crippen LogP contribution < -0.4 is 5.32 Å². The molecule has 0 saturated carbocycles. The van der Waals surface area contributed by atoms with Gasteiger partial charge in [-0.15, -0.1) is 0 Å². The van der Waals surface area contributed by atoms with Gasteiger partial charge in [-0.25, -0.2) is 0 Å². The minimum Gasteiger partial charge on any atom is -0.389 e. The molecule has 1 aromatic carbocycles. The lowest BCUT2D eigenvalue weighted by Crippen LogP contribution is -2.40. The van der Waals surface area contributed by atoms with Gasteiger partial charge >= 0.3 is 0 Å². The molecule has 0 atom stereocenters. The van der Waals surface area contributed by atoms with Crippen molar-refractivity contribution < 1.29 is 9.90 Å². The molecule has 0 fully saturated rings. The molecule has 1 aliphatic rings. The summed E-state index contributed by atoms with van der Waals surface area (Å²) in [5.74, 6) is -0.0478. The third-order valence-electron chi connectivity index (χ3n) is 3.28. The minimum atomic E-state index is -0.882. The van der Waals surface area contributed by atoms with Gasteiger partial charge in [0.2, 0.25) is 0 Å². The zero-order valence-corrected chi connectivity index (χ0v) is 11.9. The van der Waals surface area contributed by atoms with E-state index in [4.69, 9.17) is 0 Å². The quantitative estimate of drug-likeness (QED) is 0.874. The number of para-hydroxylation sites is 1. The lowest BCUT2D eigenvalue weighted by Gasteiger charge is -2.27. The number of aliphatic hydroxyl groups is 1. The lowest BCUT2D eigenvalue weighted by molar-refractivity contribution is 0.0368. The van der Waals surface area contributed by atoms with E-state index < -0.39 is 5.60 Å². The Kier molecular flexibility index (Phi) is 3.80. The second-order valence-corrected chi connectivity index (χ2v) is 5.84. The molecule has 104 valence electrons. The van der Waals surface area contributed by atoms with Crippen LogP contribution in [0.4, 0.5) is 5.69 Å². The molecule has 0 aliphatic carbocycles. The topological polar surface area (TPSA) is 52.6 Å². The average molecular weight is 262 g/mol. The normalized spacial score (nSPS) is 14.5. The van der Waals surface area contributed by atoms with Crippen LogP contribution in [0.15, 0.2) is 18.2 Å². The summed E-state index contributed by atoms with van der Waals surface area (Å²) in [6.07, 6.45) is 2.11. The number of carbonyl (C=O) groups is 1. The van der Waals surface area contributed by atoms with Crippen molar-refractivity contribution in [1.29, 1.82) is 0 Å². The fourth-order valence-electron chi connectivity index (χ4n) is 2.55. The number of hydrogen-bond donors (Lipinski definition) is 2. The zero-order valence-electron chi connectivity index (χ0n) is 11.9. The summed E-state index contributed by atoms with van der Waals surface area (Å²) < 4.78 is 0. The van der Waals surface area contributed by atoms with Gasteiger partial charge in [-0.1, -0.05) is 12.1 Å². The maximum absolute atomic E-state index is 12.5. The van der Waals surface area contributed by atoms with Gasteiger partial charge < -0.3 is 15.3 Å². The molecule has 0 bridgehead atoms. The number of fused-ring (bicyclic) bond motifs is 1. The maximum atomic E-state index is 12.5. The van der Waals surface area contributed by atoms with Gasteiger partial charge in [-0.2, -0.15) is 0 Å². The van der Waals surface area contributed by atoms with Crippen LogP contribution in [0.1, 0.15) is 36.2 Å². The molecular formula is C15H22N2O2. The Morgan fingerprint density at radius 2 is 2.21 bits per heavy atom. The molecule has 0 aromatic heterocycles. The number of benzene rings is 1. The fraction of sp³-hybridized carbons (Fsp3) is 0.533. The number of nitrogens with one attached hydrogen (secondary N) is 1. The molecule has 1 amide bonds. The van der Waals surface area contributed by atoms with Crippen LogP contribution in [0.2, 0.25) is 0 Å². The van der Waals surface area contributed by atoms with E-state index >= 15 is 0 Å². The molecule has 1 aliphatic heterocycles. The summed E-state index contributed by atoms with van der Waals surface area (Å²) >= 11 is 0.